The van der Waals surface area contributed by atoms with Gasteiger partial charge in [0.05, 0.1) is 16.8 Å². The Morgan fingerprint density at radius 1 is 1.42 bits per heavy atom. The Bertz CT molecular complexity index is 411. The van der Waals surface area contributed by atoms with Gasteiger partial charge in [0.15, 0.2) is 0 Å². The fourth-order valence-electron chi connectivity index (χ4n) is 2.58. The lowest BCUT2D eigenvalue weighted by molar-refractivity contribution is 0.0440. The second-order valence-corrected chi connectivity index (χ2v) is 5.64. The number of ether oxygens (including phenoxy) is 1. The summed E-state index contributed by atoms with van der Waals surface area (Å²) < 4.78 is 5.88. The molecule has 0 bridgehead atoms. The van der Waals surface area contributed by atoms with E-state index in [-0.39, 0.29) is 0 Å². The van der Waals surface area contributed by atoms with Gasteiger partial charge in [0.2, 0.25) is 0 Å². The highest BCUT2D eigenvalue weighted by molar-refractivity contribution is 6.33. The van der Waals surface area contributed by atoms with Crippen LogP contribution in [0.3, 0.4) is 0 Å². The van der Waals surface area contributed by atoms with Crippen LogP contribution < -0.4 is 4.90 Å². The average Bonchev–Trinajstić information content (AvgIpc) is 2.45. The van der Waals surface area contributed by atoms with Crippen LogP contribution in [-0.4, -0.2) is 25.8 Å². The van der Waals surface area contributed by atoms with E-state index in [1.165, 1.54) is 0 Å². The van der Waals surface area contributed by atoms with Crippen molar-refractivity contribution in [3.8, 4) is 0 Å². The van der Waals surface area contributed by atoms with Crippen LogP contribution in [0.15, 0.2) is 18.2 Å². The highest BCUT2D eigenvalue weighted by Crippen LogP contribution is 2.33. The zero-order valence-electron chi connectivity index (χ0n) is 11.4. The molecule has 0 amide bonds. The zero-order chi connectivity index (χ0) is 13.7. The third-order valence-corrected chi connectivity index (χ3v) is 4.06. The zero-order valence-corrected chi connectivity index (χ0v) is 12.9. The molecule has 2 rings (SSSR count). The van der Waals surface area contributed by atoms with Gasteiger partial charge in [0, 0.05) is 25.6 Å². The van der Waals surface area contributed by atoms with E-state index in [1.54, 1.807) is 0 Å². The number of hydrogen-bond donors (Lipinski definition) is 0. The maximum Gasteiger partial charge on any atom is 0.0750 e. The van der Waals surface area contributed by atoms with E-state index in [1.807, 2.05) is 18.2 Å². The minimum atomic E-state index is 0.313. The van der Waals surface area contributed by atoms with Crippen molar-refractivity contribution < 1.29 is 4.74 Å². The van der Waals surface area contributed by atoms with Crippen LogP contribution in [0.25, 0.3) is 0 Å². The molecule has 1 aliphatic heterocycles. The van der Waals surface area contributed by atoms with Crippen molar-refractivity contribution in [2.24, 2.45) is 0 Å². The first-order valence-electron chi connectivity index (χ1n) is 6.96. The summed E-state index contributed by atoms with van der Waals surface area (Å²) >= 11 is 12.4. The number of benzene rings is 1. The first-order valence-corrected chi connectivity index (χ1v) is 7.87. The molecule has 0 spiro atoms. The molecule has 19 heavy (non-hydrogen) atoms. The molecule has 0 saturated carbocycles. The summed E-state index contributed by atoms with van der Waals surface area (Å²) in [6, 6.07) is 5.94. The Morgan fingerprint density at radius 2 is 2.26 bits per heavy atom. The monoisotopic (exact) mass is 301 g/mol. The van der Waals surface area contributed by atoms with Crippen molar-refractivity contribution >= 4 is 28.9 Å². The molecule has 1 saturated heterocycles. The van der Waals surface area contributed by atoms with E-state index >= 15 is 0 Å². The number of nitrogens with zero attached hydrogens (tertiary/aromatic N) is 1. The van der Waals surface area contributed by atoms with Gasteiger partial charge in [-0.3, -0.25) is 0 Å². The third-order valence-electron chi connectivity index (χ3n) is 3.47. The molecule has 1 unspecified atom stereocenters. The normalized spacial score (nSPS) is 19.7. The second-order valence-electron chi connectivity index (χ2n) is 4.96. The molecule has 106 valence electrons. The molecule has 2 nitrogen and oxygen atoms in total. The van der Waals surface area contributed by atoms with Crippen molar-refractivity contribution in [1.29, 1.82) is 0 Å². The standard InChI is InChI=1S/C15H21Cl2NO/c1-2-9-19-13-6-4-8-18(11-13)15-12(10-16)5-3-7-14(15)17/h3,5,7,13H,2,4,6,8-11H2,1H3. The SMILES string of the molecule is CCCOC1CCCN(c2c(Cl)cccc2CCl)C1. The van der Waals surface area contributed by atoms with Crippen molar-refractivity contribution in [2.45, 2.75) is 38.2 Å². The van der Waals surface area contributed by atoms with Crippen molar-refractivity contribution in [1.82, 2.24) is 0 Å². The van der Waals surface area contributed by atoms with Gasteiger partial charge >= 0.3 is 0 Å². The van der Waals surface area contributed by atoms with Gasteiger partial charge in [-0.1, -0.05) is 30.7 Å². The summed E-state index contributed by atoms with van der Waals surface area (Å²) in [4.78, 5) is 2.32. The van der Waals surface area contributed by atoms with Crippen LogP contribution in [0.5, 0.6) is 0 Å². The van der Waals surface area contributed by atoms with E-state index in [4.69, 9.17) is 27.9 Å². The topological polar surface area (TPSA) is 12.5 Å². The molecular weight excluding hydrogens is 281 g/mol. The van der Waals surface area contributed by atoms with E-state index < -0.39 is 0 Å². The van der Waals surface area contributed by atoms with Crippen LogP contribution in [0.4, 0.5) is 5.69 Å². The van der Waals surface area contributed by atoms with Crippen LogP contribution >= 0.6 is 23.2 Å². The van der Waals surface area contributed by atoms with Gasteiger partial charge < -0.3 is 9.64 Å². The number of hydrogen-bond acceptors (Lipinski definition) is 2. The van der Waals surface area contributed by atoms with Gasteiger partial charge in [-0.15, -0.1) is 11.6 Å². The van der Waals surface area contributed by atoms with Gasteiger partial charge in [-0.25, -0.2) is 0 Å². The minimum absolute atomic E-state index is 0.313. The lowest BCUT2D eigenvalue weighted by atomic mass is 10.1. The first kappa shape index (κ1) is 15.0. The Kier molecular flexibility index (Phi) is 5.80. The van der Waals surface area contributed by atoms with Crippen LogP contribution in [0.2, 0.25) is 5.02 Å². The quantitative estimate of drug-likeness (QED) is 0.744. The number of halogens is 2. The minimum Gasteiger partial charge on any atom is -0.376 e. The molecule has 0 N–H and O–H groups in total. The third kappa shape index (κ3) is 3.77. The van der Waals surface area contributed by atoms with Gasteiger partial charge in [0.25, 0.3) is 0 Å². The fraction of sp³-hybridized carbons (Fsp3) is 0.600. The van der Waals surface area contributed by atoms with Crippen LogP contribution in [-0.2, 0) is 10.6 Å². The number of anilines is 1. The molecule has 0 aliphatic carbocycles. The average molecular weight is 302 g/mol. The highest BCUT2D eigenvalue weighted by Gasteiger charge is 2.23. The molecule has 1 atom stereocenters. The predicted octanol–water partition coefficient (Wildman–Crippen LogP) is 4.47. The smallest absolute Gasteiger partial charge is 0.0750 e. The summed E-state index contributed by atoms with van der Waals surface area (Å²) in [6.45, 7) is 4.91. The summed E-state index contributed by atoms with van der Waals surface area (Å²) in [7, 11) is 0. The van der Waals surface area contributed by atoms with E-state index in [9.17, 15) is 0 Å². The van der Waals surface area contributed by atoms with Crippen molar-refractivity contribution in [3.05, 3.63) is 28.8 Å². The van der Waals surface area contributed by atoms with Crippen molar-refractivity contribution in [2.75, 3.05) is 24.6 Å². The number of piperidine rings is 1. The Hall–Kier alpha value is -0.440. The lowest BCUT2D eigenvalue weighted by Crippen LogP contribution is -2.40. The largest absolute Gasteiger partial charge is 0.376 e. The Labute approximate surface area is 125 Å². The van der Waals surface area contributed by atoms with E-state index in [2.05, 4.69) is 11.8 Å². The first-order chi connectivity index (χ1) is 9.26. The predicted molar refractivity (Wildman–Crippen MR) is 82.5 cm³/mol. The number of rotatable bonds is 5. The van der Waals surface area contributed by atoms with Crippen LogP contribution in [0.1, 0.15) is 31.7 Å². The van der Waals surface area contributed by atoms with Gasteiger partial charge in [0.1, 0.15) is 0 Å². The fourth-order valence-corrected chi connectivity index (χ4v) is 3.11. The maximum atomic E-state index is 6.35. The number of alkyl halides is 1. The van der Waals surface area contributed by atoms with Crippen molar-refractivity contribution in [3.63, 3.8) is 0 Å². The molecule has 0 radical (unpaired) electrons. The molecular formula is C15H21Cl2NO. The summed E-state index contributed by atoms with van der Waals surface area (Å²) in [5.41, 5.74) is 2.19. The summed E-state index contributed by atoms with van der Waals surface area (Å²) in [6.07, 6.45) is 3.65. The van der Waals surface area contributed by atoms with E-state index in [0.29, 0.717) is 12.0 Å². The molecule has 1 aromatic rings. The molecule has 1 aromatic carbocycles. The molecule has 0 aromatic heterocycles. The molecule has 1 aliphatic rings. The molecule has 1 heterocycles. The van der Waals surface area contributed by atoms with Gasteiger partial charge in [-0.05, 0) is 30.9 Å². The summed E-state index contributed by atoms with van der Waals surface area (Å²) in [5, 5.41) is 0.786. The molecule has 4 heteroatoms. The molecule has 1 fully saturated rings. The Balaban J connectivity index is 2.12. The number of para-hydroxylation sites is 1. The van der Waals surface area contributed by atoms with Crippen LogP contribution in [0, 0.1) is 0 Å². The maximum absolute atomic E-state index is 6.35. The highest BCUT2D eigenvalue weighted by atomic mass is 35.5. The van der Waals surface area contributed by atoms with E-state index in [0.717, 1.165) is 55.2 Å². The second kappa shape index (κ2) is 7.37. The Morgan fingerprint density at radius 3 is 3.00 bits per heavy atom. The van der Waals surface area contributed by atoms with Gasteiger partial charge in [-0.2, -0.15) is 0 Å². The summed E-state index contributed by atoms with van der Waals surface area (Å²) in [5.74, 6) is 0.493. The lowest BCUT2D eigenvalue weighted by Gasteiger charge is -2.35.